The van der Waals surface area contributed by atoms with Crippen LogP contribution in [0.25, 0.3) is 44.7 Å². The van der Waals surface area contributed by atoms with E-state index >= 15 is 0 Å². The summed E-state index contributed by atoms with van der Waals surface area (Å²) < 4.78 is 39.9. The van der Waals surface area contributed by atoms with Crippen LogP contribution in [0.4, 0.5) is 73.4 Å². The molecule has 12 aromatic heterocycles. The van der Waals surface area contributed by atoms with E-state index in [1.165, 1.54) is 53.6 Å². The van der Waals surface area contributed by atoms with Crippen molar-refractivity contribution in [3.05, 3.63) is 251 Å². The van der Waals surface area contributed by atoms with Gasteiger partial charge in [-0.15, -0.1) is 0 Å². The van der Waals surface area contributed by atoms with Gasteiger partial charge < -0.3 is 65.7 Å². The topological polar surface area (TPSA) is 442 Å². The zero-order chi connectivity index (χ0) is 102. The maximum absolute atomic E-state index is 14.6. The lowest BCUT2D eigenvalue weighted by Crippen LogP contribution is -2.34. The number of halogens is 1. The molecule has 0 spiro atoms. The molecular weight excluding hydrogens is 1860 g/mol. The predicted octanol–water partition coefficient (Wildman–Crippen LogP) is 11.4. The molecule has 6 amide bonds. The molecule has 0 fully saturated rings. The summed E-state index contributed by atoms with van der Waals surface area (Å²) in [5.41, 5.74) is 23.6. The van der Waals surface area contributed by atoms with Crippen LogP contribution in [0.2, 0.25) is 0 Å². The van der Waals surface area contributed by atoms with Crippen molar-refractivity contribution in [3.63, 3.8) is 0 Å². The number of anilines is 12. The molecule has 23 rings (SSSR count). The first-order chi connectivity index (χ1) is 70.3. The van der Waals surface area contributed by atoms with Crippen LogP contribution >= 0.6 is 0 Å². The summed E-state index contributed by atoms with van der Waals surface area (Å²) in [5, 5.41) is 69.5. The van der Waals surface area contributed by atoms with Gasteiger partial charge in [-0.25, -0.2) is 28.7 Å². The number of amides is 6. The molecule has 0 saturated carbocycles. The van der Waals surface area contributed by atoms with E-state index in [1.54, 1.807) is 116 Å². The summed E-state index contributed by atoms with van der Waals surface area (Å²) in [6.07, 6.45) is 23.4. The Balaban J connectivity index is 0.000000115. The number of benzene rings is 5. The van der Waals surface area contributed by atoms with Crippen molar-refractivity contribution >= 4 is 115 Å². The van der Waals surface area contributed by atoms with E-state index < -0.39 is 0 Å². The third kappa shape index (κ3) is 22.1. The second-order valence-electron chi connectivity index (χ2n) is 36.6. The maximum Gasteiger partial charge on any atom is 0.219 e. The molecule has 6 N–H and O–H groups in total. The highest BCUT2D eigenvalue weighted by Crippen LogP contribution is 2.38. The quantitative estimate of drug-likeness (QED) is 0.0523. The van der Waals surface area contributed by atoms with E-state index in [4.69, 9.17) is 4.42 Å². The predicted molar refractivity (Wildman–Crippen MR) is 545 cm³/mol. The fourth-order valence-electron chi connectivity index (χ4n) is 18.9. The number of rotatable bonds is 16. The summed E-state index contributed by atoms with van der Waals surface area (Å²) in [6.45, 7) is 17.5. The summed E-state index contributed by atoms with van der Waals surface area (Å²) in [5.74, 6) is 5.58. The molecule has 0 atom stereocenters. The maximum atomic E-state index is 14.6. The molecule has 44 nitrogen and oxygen atoms in total. The molecular formula is C101H116FN37O7. The van der Waals surface area contributed by atoms with E-state index in [1.807, 2.05) is 223 Å². The van der Waals surface area contributed by atoms with Gasteiger partial charge in [-0.3, -0.25) is 70.9 Å². The first-order valence-corrected chi connectivity index (χ1v) is 47.9. The Morgan fingerprint density at radius 1 is 0.322 bits per heavy atom. The third-order valence-corrected chi connectivity index (χ3v) is 26.7. The molecule has 45 heteroatoms. The summed E-state index contributed by atoms with van der Waals surface area (Å²) in [4.78, 5) is 93.1. The Morgan fingerprint density at radius 2 is 0.685 bits per heavy atom. The summed E-state index contributed by atoms with van der Waals surface area (Å²) in [7, 11) is 17.2. The molecule has 0 aliphatic carbocycles. The van der Waals surface area contributed by atoms with Crippen LogP contribution in [0, 0.1) is 5.82 Å². The van der Waals surface area contributed by atoms with Crippen LogP contribution in [0.5, 0.6) is 0 Å². The number of carbonyl (C=O) groups excluding carboxylic acids is 6. The highest BCUT2D eigenvalue weighted by Gasteiger charge is 2.33. The molecule has 754 valence electrons. The van der Waals surface area contributed by atoms with E-state index in [0.717, 1.165) is 207 Å². The van der Waals surface area contributed by atoms with Crippen LogP contribution in [0.1, 0.15) is 109 Å². The van der Waals surface area contributed by atoms with Crippen molar-refractivity contribution in [1.82, 2.24) is 152 Å². The lowest BCUT2D eigenvalue weighted by atomic mass is 10.1. The van der Waals surface area contributed by atoms with Gasteiger partial charge in [0.15, 0.2) is 47.1 Å². The lowest BCUT2D eigenvalue weighted by molar-refractivity contribution is -0.130. The van der Waals surface area contributed by atoms with Crippen molar-refractivity contribution in [2.45, 2.75) is 119 Å². The highest BCUT2D eigenvalue weighted by atomic mass is 19.1. The van der Waals surface area contributed by atoms with Crippen molar-refractivity contribution in [3.8, 4) is 33.8 Å². The van der Waals surface area contributed by atoms with Crippen molar-refractivity contribution < 1.29 is 37.6 Å². The SMILES string of the molecule is CC(=O)N1CCc2c(c(Nc3ccc(-c4cnn(C)c4)c(F)c3)nn2C)C1.CC(=O)N1CCc2c(c(Nc3ccc(-n4cncn4)cc3)nn2C)C1.CC(=O)N1CCc2c(c(Nc3ccc4cn(C)nc4c3)nn2C)C1.CC(=O)N1CCc2c(c(Nc3cccc(-c4cnco4)c3)nn2C)C1.CC(=O)N1CCc2c(c(Nc3cccc(-n4cncn4)c3)nn2C)C1.CC(=O)N1CCc2c(c(Nc3cnn(C)c3)nn2C)C1. The highest BCUT2D eigenvalue weighted by molar-refractivity contribution is 5.84. The summed E-state index contributed by atoms with van der Waals surface area (Å²) in [6, 6.07) is 34.7. The van der Waals surface area contributed by atoms with Crippen LogP contribution in [0.15, 0.2) is 182 Å². The van der Waals surface area contributed by atoms with Gasteiger partial charge in [0.1, 0.15) is 31.1 Å². The zero-order valence-corrected chi connectivity index (χ0v) is 84.1. The fraction of sp³-hybridized carbons (Fsp3) is 0.327. The largest absolute Gasteiger partial charge is 0.444 e. The van der Waals surface area contributed by atoms with Crippen molar-refractivity contribution in [1.29, 1.82) is 0 Å². The zero-order valence-electron chi connectivity index (χ0n) is 84.1. The monoisotopic (exact) mass is 1980 g/mol. The minimum absolute atomic E-state index is 0.0438. The molecule has 5 aromatic carbocycles. The molecule has 0 unspecified atom stereocenters. The molecule has 0 saturated heterocycles. The van der Waals surface area contributed by atoms with Gasteiger partial charge in [0.2, 0.25) is 35.4 Å². The van der Waals surface area contributed by atoms with Gasteiger partial charge >= 0.3 is 0 Å². The first kappa shape index (κ1) is 98.5. The molecule has 0 radical (unpaired) electrons. The molecule has 18 heterocycles. The smallest absolute Gasteiger partial charge is 0.219 e. The van der Waals surface area contributed by atoms with Gasteiger partial charge in [-0.1, -0.05) is 18.2 Å². The minimum atomic E-state index is -0.330. The second kappa shape index (κ2) is 42.6. The normalized spacial score (nSPS) is 13.8. The number of carbonyl (C=O) groups is 6. The Labute approximate surface area is 839 Å². The molecule has 6 aliphatic heterocycles. The summed E-state index contributed by atoms with van der Waals surface area (Å²) >= 11 is 0. The number of oxazole rings is 1. The van der Waals surface area contributed by atoms with Crippen molar-refractivity contribution in [2.24, 2.45) is 63.4 Å². The van der Waals surface area contributed by atoms with Crippen LogP contribution in [-0.4, -0.2) is 227 Å². The Hall–Kier alpha value is -17.7. The van der Waals surface area contributed by atoms with Gasteiger partial charge in [0.25, 0.3) is 0 Å². The first-order valence-electron chi connectivity index (χ1n) is 47.9. The van der Waals surface area contributed by atoms with Crippen molar-refractivity contribution in [2.75, 3.05) is 71.2 Å². The Kier molecular flexibility index (Phi) is 28.7. The number of nitrogens with one attached hydrogen (secondary N) is 6. The number of nitrogens with zero attached hydrogens (tertiary/aromatic N) is 31. The average molecular weight is 1980 g/mol. The molecule has 17 aromatic rings. The average Bonchev–Trinajstić information content (AvgIpc) is 1.66. The minimum Gasteiger partial charge on any atom is -0.444 e. The Morgan fingerprint density at radius 3 is 1.05 bits per heavy atom. The molecule has 0 bridgehead atoms. The van der Waals surface area contributed by atoms with Gasteiger partial charge in [-0.05, 0) is 91.0 Å². The number of hydrogen-bond acceptors (Lipinski definition) is 27. The van der Waals surface area contributed by atoms with Crippen LogP contribution in [0.3, 0.4) is 0 Å². The number of fused-ring (bicyclic) bond motifs is 7. The standard InChI is InChI=1S/C19H21FN6O.C18H19N5O2.2C17H19N7O.C17H20N6O.C13H18N6O/c1-12(27)26-7-6-18-16(11-26)19(23-25(18)3)22-14-4-5-15(17(20)8-14)13-9-21-24(2)10-13;1-12(24)23-7-6-16-15(10-23)18(21-22(16)2)20-14-5-3-4-13(8-14)17-9-19-11-25-17;1-12(25)23-8-7-16-15(9-23)17(21-22(16)2)20-13-3-5-14(6-4-13)24-11-18-10-19-24;1-12(25)23-7-6-16-15(9-23)17(21-22(16)2)20-13-4-3-5-14(8-13)24-11-18-10-19-24;1-11(24)23-7-6-16-14(10-23)17(20-22(16)3)18-13-5-4-12-9-21(2)19-15(12)8-13;1-9(20)19-5-4-12-11(8-19)13(16-18(12)3)15-10-6-14-17(2)7-10/h4-5,8-10H,6-7,11H2,1-3H3,(H,22,23);3-5,8-9,11H,6-7,10H2,1-2H3,(H,20,21);3-6,10-11H,7-9H2,1-2H3,(H,20,21);3-5,8,10-11H,6-7,9H2,1-2H3,(H,20,21);4-5,8-9H,6-7,10H2,1-3H3,(H,18,20);6-7H,4-5,8H2,1-3H3,(H,15,16). The van der Waals surface area contributed by atoms with Crippen LogP contribution < -0.4 is 31.9 Å². The van der Waals surface area contributed by atoms with Gasteiger partial charge in [0, 0.05) is 319 Å². The molecule has 146 heavy (non-hydrogen) atoms. The Bertz CT molecular complexity index is 7480. The lowest BCUT2D eigenvalue weighted by Gasteiger charge is -2.26. The number of aromatic nitrogens is 25. The van der Waals surface area contributed by atoms with Gasteiger partial charge in [0.05, 0.1) is 80.4 Å². The van der Waals surface area contributed by atoms with Gasteiger partial charge in [-0.2, -0.15) is 56.1 Å². The number of aryl methyl sites for hydroxylation is 9. The van der Waals surface area contributed by atoms with E-state index in [0.29, 0.717) is 62.9 Å². The van der Waals surface area contributed by atoms with E-state index in [9.17, 15) is 33.2 Å². The number of hydrogen-bond donors (Lipinski definition) is 6. The molecule has 6 aliphatic rings. The van der Waals surface area contributed by atoms with Crippen LogP contribution in [-0.2, 0) is 170 Å². The van der Waals surface area contributed by atoms with E-state index in [-0.39, 0.29) is 41.3 Å². The fourth-order valence-corrected chi connectivity index (χ4v) is 18.9. The van der Waals surface area contributed by atoms with E-state index in [2.05, 4.69) is 103 Å². The third-order valence-electron chi connectivity index (χ3n) is 26.7. The second-order valence-corrected chi connectivity index (χ2v) is 36.6.